The van der Waals surface area contributed by atoms with Crippen molar-refractivity contribution in [2.75, 3.05) is 33.4 Å². The van der Waals surface area contributed by atoms with Gasteiger partial charge in [0.05, 0.1) is 7.11 Å². The second-order valence-electron chi connectivity index (χ2n) is 6.90. The number of methoxy groups -OCH3 is 1. The molecule has 2 N–H and O–H groups in total. The van der Waals surface area contributed by atoms with E-state index >= 15 is 0 Å². The molecule has 1 atom stereocenters. The molecule has 2 heterocycles. The van der Waals surface area contributed by atoms with Crippen LogP contribution in [0.2, 0.25) is 0 Å². The maximum atomic E-state index is 12.3. The van der Waals surface area contributed by atoms with Gasteiger partial charge in [0.1, 0.15) is 5.75 Å². The van der Waals surface area contributed by atoms with Crippen molar-refractivity contribution >= 4 is 18.3 Å². The molecule has 5 nitrogen and oxygen atoms in total. The standard InChI is InChI=1S/C19H28N2O3.ClH/c1-23-17-6-4-15(5-7-17)19(8-11-24-12-9-19)14-21-18(22)13-16-3-2-10-20-16;/h4-7,16,20H,2-3,8-14H2,1H3,(H,21,22);1H. The van der Waals surface area contributed by atoms with E-state index in [9.17, 15) is 4.79 Å². The molecule has 140 valence electrons. The Morgan fingerprint density at radius 1 is 1.32 bits per heavy atom. The summed E-state index contributed by atoms with van der Waals surface area (Å²) in [7, 11) is 1.68. The molecule has 2 aliphatic rings. The van der Waals surface area contributed by atoms with Gasteiger partial charge in [-0.3, -0.25) is 4.79 Å². The molecule has 1 aromatic rings. The average Bonchev–Trinajstić information content (AvgIpc) is 3.14. The summed E-state index contributed by atoms with van der Waals surface area (Å²) in [6, 6.07) is 8.58. The number of benzene rings is 1. The molecule has 1 amide bonds. The Balaban J connectivity index is 0.00000225. The Hall–Kier alpha value is -1.30. The van der Waals surface area contributed by atoms with Gasteiger partial charge in [-0.05, 0) is 49.9 Å². The number of ether oxygens (including phenoxy) is 2. The van der Waals surface area contributed by atoms with Crippen LogP contribution in [0.25, 0.3) is 0 Å². The van der Waals surface area contributed by atoms with Crippen molar-refractivity contribution in [2.45, 2.75) is 43.6 Å². The molecule has 0 radical (unpaired) electrons. The summed E-state index contributed by atoms with van der Waals surface area (Å²) in [6.45, 7) is 3.19. The Morgan fingerprint density at radius 3 is 2.64 bits per heavy atom. The minimum atomic E-state index is -0.0384. The molecular formula is C19H29ClN2O3. The summed E-state index contributed by atoms with van der Waals surface area (Å²) < 4.78 is 10.8. The van der Waals surface area contributed by atoms with Crippen LogP contribution in [0.5, 0.6) is 5.75 Å². The Bertz CT molecular complexity index is 538. The van der Waals surface area contributed by atoms with Crippen LogP contribution in [-0.2, 0) is 14.9 Å². The molecule has 2 saturated heterocycles. The molecular weight excluding hydrogens is 340 g/mol. The van der Waals surface area contributed by atoms with Crippen LogP contribution in [0, 0.1) is 0 Å². The van der Waals surface area contributed by atoms with E-state index < -0.39 is 0 Å². The van der Waals surface area contributed by atoms with Gasteiger partial charge in [-0.2, -0.15) is 0 Å². The van der Waals surface area contributed by atoms with Crippen molar-refractivity contribution in [2.24, 2.45) is 0 Å². The van der Waals surface area contributed by atoms with Gasteiger partial charge in [0.2, 0.25) is 5.91 Å². The normalized spacial score (nSPS) is 22.0. The number of rotatable bonds is 6. The molecule has 1 unspecified atom stereocenters. The lowest BCUT2D eigenvalue weighted by Gasteiger charge is -2.38. The molecule has 2 fully saturated rings. The Labute approximate surface area is 156 Å². The first kappa shape index (κ1) is 20.0. The average molecular weight is 369 g/mol. The largest absolute Gasteiger partial charge is 0.497 e. The van der Waals surface area contributed by atoms with E-state index in [1.807, 2.05) is 12.1 Å². The number of carbonyl (C=O) groups excluding carboxylic acids is 1. The highest BCUT2D eigenvalue weighted by molar-refractivity contribution is 5.85. The Morgan fingerprint density at radius 2 is 2.04 bits per heavy atom. The van der Waals surface area contributed by atoms with E-state index in [4.69, 9.17) is 9.47 Å². The summed E-state index contributed by atoms with van der Waals surface area (Å²) in [5, 5.41) is 6.57. The maximum absolute atomic E-state index is 12.3. The van der Waals surface area contributed by atoms with Crippen LogP contribution in [0.1, 0.15) is 37.7 Å². The highest BCUT2D eigenvalue weighted by Gasteiger charge is 2.35. The fourth-order valence-electron chi connectivity index (χ4n) is 3.77. The first-order chi connectivity index (χ1) is 11.7. The highest BCUT2D eigenvalue weighted by Crippen LogP contribution is 2.35. The number of carbonyl (C=O) groups is 1. The van der Waals surface area contributed by atoms with Gasteiger partial charge >= 0.3 is 0 Å². The predicted octanol–water partition coefficient (Wildman–Crippen LogP) is 2.42. The lowest BCUT2D eigenvalue weighted by atomic mass is 9.74. The van der Waals surface area contributed by atoms with Crippen LogP contribution in [0.3, 0.4) is 0 Å². The van der Waals surface area contributed by atoms with E-state index in [0.29, 0.717) is 19.0 Å². The first-order valence-electron chi connectivity index (χ1n) is 8.94. The quantitative estimate of drug-likeness (QED) is 0.809. The van der Waals surface area contributed by atoms with Crippen molar-refractivity contribution in [1.82, 2.24) is 10.6 Å². The second-order valence-corrected chi connectivity index (χ2v) is 6.90. The van der Waals surface area contributed by atoms with Crippen molar-refractivity contribution in [3.05, 3.63) is 29.8 Å². The molecule has 3 rings (SSSR count). The number of hydrogen-bond donors (Lipinski definition) is 2. The lowest BCUT2D eigenvalue weighted by molar-refractivity contribution is -0.122. The minimum Gasteiger partial charge on any atom is -0.497 e. The molecule has 0 aliphatic carbocycles. The summed E-state index contributed by atoms with van der Waals surface area (Å²) in [4.78, 5) is 12.3. The van der Waals surface area contributed by atoms with Crippen molar-refractivity contribution in [1.29, 1.82) is 0 Å². The zero-order chi connectivity index (χ0) is 16.8. The summed E-state index contributed by atoms with van der Waals surface area (Å²) in [5.41, 5.74) is 1.22. The highest BCUT2D eigenvalue weighted by atomic mass is 35.5. The van der Waals surface area contributed by atoms with E-state index in [0.717, 1.165) is 44.8 Å². The van der Waals surface area contributed by atoms with Crippen molar-refractivity contribution < 1.29 is 14.3 Å². The second kappa shape index (κ2) is 9.41. The SMILES string of the molecule is COc1ccc(C2(CNC(=O)CC3CCCN3)CCOCC2)cc1.Cl. The number of amides is 1. The number of nitrogens with one attached hydrogen (secondary N) is 2. The monoisotopic (exact) mass is 368 g/mol. The third-order valence-electron chi connectivity index (χ3n) is 5.37. The van der Waals surface area contributed by atoms with Gasteiger partial charge < -0.3 is 20.1 Å². The zero-order valence-electron chi connectivity index (χ0n) is 14.9. The fraction of sp³-hybridized carbons (Fsp3) is 0.632. The van der Waals surface area contributed by atoms with E-state index in [1.165, 1.54) is 12.0 Å². The molecule has 0 aromatic heterocycles. The van der Waals surface area contributed by atoms with Crippen molar-refractivity contribution in [3.8, 4) is 5.75 Å². The smallest absolute Gasteiger partial charge is 0.221 e. The van der Waals surface area contributed by atoms with Crippen LogP contribution >= 0.6 is 12.4 Å². The Kier molecular flexibility index (Phi) is 7.54. The van der Waals surface area contributed by atoms with Gasteiger partial charge in [-0.25, -0.2) is 0 Å². The van der Waals surface area contributed by atoms with Gasteiger partial charge in [-0.15, -0.1) is 12.4 Å². The predicted molar refractivity (Wildman–Crippen MR) is 101 cm³/mol. The van der Waals surface area contributed by atoms with Crippen LogP contribution < -0.4 is 15.4 Å². The molecule has 25 heavy (non-hydrogen) atoms. The van der Waals surface area contributed by atoms with Gasteiger partial charge in [0, 0.05) is 37.6 Å². The number of hydrogen-bond acceptors (Lipinski definition) is 4. The zero-order valence-corrected chi connectivity index (χ0v) is 15.7. The molecule has 6 heteroatoms. The lowest BCUT2D eigenvalue weighted by Crippen LogP contribution is -2.45. The molecule has 1 aromatic carbocycles. The third-order valence-corrected chi connectivity index (χ3v) is 5.37. The van der Waals surface area contributed by atoms with Crippen LogP contribution in [0.4, 0.5) is 0 Å². The van der Waals surface area contributed by atoms with Crippen LogP contribution in [0.15, 0.2) is 24.3 Å². The topological polar surface area (TPSA) is 59.6 Å². The van der Waals surface area contributed by atoms with Gasteiger partial charge in [-0.1, -0.05) is 12.1 Å². The van der Waals surface area contributed by atoms with E-state index in [1.54, 1.807) is 7.11 Å². The molecule has 0 saturated carbocycles. The third kappa shape index (κ3) is 5.09. The number of halogens is 1. The summed E-state index contributed by atoms with van der Waals surface area (Å²) in [6.07, 6.45) is 4.72. The maximum Gasteiger partial charge on any atom is 0.221 e. The molecule has 0 spiro atoms. The summed E-state index contributed by atoms with van der Waals surface area (Å²) in [5.74, 6) is 1.01. The van der Waals surface area contributed by atoms with Gasteiger partial charge in [0.15, 0.2) is 0 Å². The van der Waals surface area contributed by atoms with E-state index in [-0.39, 0.29) is 23.7 Å². The molecule has 0 bridgehead atoms. The first-order valence-corrected chi connectivity index (χ1v) is 8.94. The van der Waals surface area contributed by atoms with Crippen molar-refractivity contribution in [3.63, 3.8) is 0 Å². The minimum absolute atomic E-state index is 0. The summed E-state index contributed by atoms with van der Waals surface area (Å²) >= 11 is 0. The van der Waals surface area contributed by atoms with E-state index in [2.05, 4.69) is 22.8 Å². The fourth-order valence-corrected chi connectivity index (χ4v) is 3.77. The van der Waals surface area contributed by atoms with Crippen LogP contribution in [-0.4, -0.2) is 45.4 Å². The van der Waals surface area contributed by atoms with Gasteiger partial charge in [0.25, 0.3) is 0 Å². The molecule has 2 aliphatic heterocycles.